The van der Waals surface area contributed by atoms with E-state index in [0.717, 1.165) is 51.4 Å². The molecule has 0 aromatic rings. The Morgan fingerprint density at radius 3 is 2.06 bits per heavy atom. The number of hydrogen-bond donors (Lipinski definition) is 2. The Labute approximate surface area is 104 Å². The van der Waals surface area contributed by atoms with Crippen LogP contribution in [0.15, 0.2) is 0 Å². The SMILES string of the molecule is COC1CCC(NOC2CCC(N)CC2)CC1. The lowest BCUT2D eigenvalue weighted by Gasteiger charge is -2.31. The summed E-state index contributed by atoms with van der Waals surface area (Å²) in [6.07, 6.45) is 9.83. The molecule has 0 aromatic heterocycles. The molecule has 17 heavy (non-hydrogen) atoms. The molecule has 0 saturated heterocycles. The molecule has 2 aliphatic rings. The molecule has 0 aromatic carbocycles. The molecular weight excluding hydrogens is 216 g/mol. The minimum Gasteiger partial charge on any atom is -0.381 e. The molecule has 0 unspecified atom stereocenters. The molecule has 0 radical (unpaired) electrons. The van der Waals surface area contributed by atoms with Crippen LogP contribution in [0.1, 0.15) is 51.4 Å². The molecule has 100 valence electrons. The normalized spacial score (nSPS) is 39.2. The van der Waals surface area contributed by atoms with Crippen LogP contribution in [0.25, 0.3) is 0 Å². The first-order chi connectivity index (χ1) is 8.28. The average molecular weight is 242 g/mol. The fraction of sp³-hybridized carbons (Fsp3) is 1.00. The van der Waals surface area contributed by atoms with Gasteiger partial charge >= 0.3 is 0 Å². The van der Waals surface area contributed by atoms with Crippen molar-refractivity contribution in [2.45, 2.75) is 75.7 Å². The van der Waals surface area contributed by atoms with E-state index in [4.69, 9.17) is 15.3 Å². The summed E-state index contributed by atoms with van der Waals surface area (Å²) in [5.74, 6) is 0. The zero-order valence-electron chi connectivity index (χ0n) is 10.9. The first-order valence-electron chi connectivity index (χ1n) is 6.97. The van der Waals surface area contributed by atoms with Crippen molar-refractivity contribution in [2.24, 2.45) is 5.73 Å². The average Bonchev–Trinajstić information content (AvgIpc) is 2.39. The Hall–Kier alpha value is -0.160. The third-order valence-electron chi connectivity index (χ3n) is 4.13. The van der Waals surface area contributed by atoms with Crippen LogP contribution in [0, 0.1) is 0 Å². The lowest BCUT2D eigenvalue weighted by atomic mass is 9.93. The Bertz CT molecular complexity index is 209. The summed E-state index contributed by atoms with van der Waals surface area (Å²) >= 11 is 0. The number of rotatable bonds is 4. The standard InChI is InChI=1S/C13H26N2O2/c1-16-12-8-4-11(5-9-12)15-17-13-6-2-10(14)3-7-13/h10-13,15H,2-9,14H2,1H3. The molecule has 3 N–H and O–H groups in total. The maximum atomic E-state index is 5.88. The van der Waals surface area contributed by atoms with Crippen molar-refractivity contribution in [3.63, 3.8) is 0 Å². The maximum absolute atomic E-state index is 5.88. The van der Waals surface area contributed by atoms with E-state index in [1.807, 2.05) is 0 Å². The highest BCUT2D eigenvalue weighted by Gasteiger charge is 2.23. The van der Waals surface area contributed by atoms with E-state index in [-0.39, 0.29) is 0 Å². The first-order valence-corrected chi connectivity index (χ1v) is 6.97. The van der Waals surface area contributed by atoms with E-state index in [1.165, 1.54) is 0 Å². The van der Waals surface area contributed by atoms with E-state index in [9.17, 15) is 0 Å². The van der Waals surface area contributed by atoms with Crippen LogP contribution < -0.4 is 11.2 Å². The topological polar surface area (TPSA) is 56.5 Å². The van der Waals surface area contributed by atoms with E-state index in [1.54, 1.807) is 7.11 Å². The molecule has 2 fully saturated rings. The molecule has 2 aliphatic carbocycles. The van der Waals surface area contributed by atoms with Gasteiger partial charge in [-0.2, -0.15) is 5.48 Å². The van der Waals surface area contributed by atoms with Gasteiger partial charge in [-0.05, 0) is 51.4 Å². The molecule has 4 nitrogen and oxygen atoms in total. The predicted molar refractivity (Wildman–Crippen MR) is 67.5 cm³/mol. The lowest BCUT2D eigenvalue weighted by Crippen LogP contribution is -2.39. The second kappa shape index (κ2) is 6.69. The number of methoxy groups -OCH3 is 1. The quantitative estimate of drug-likeness (QED) is 0.737. The van der Waals surface area contributed by atoms with Crippen LogP contribution >= 0.6 is 0 Å². The smallest absolute Gasteiger partial charge is 0.0791 e. The highest BCUT2D eigenvalue weighted by molar-refractivity contribution is 4.77. The first kappa shape index (κ1) is 13.3. The van der Waals surface area contributed by atoms with Crippen molar-refractivity contribution < 1.29 is 9.57 Å². The van der Waals surface area contributed by atoms with Gasteiger partial charge in [-0.1, -0.05) is 0 Å². The minimum atomic E-state index is 0.370. The second-order valence-corrected chi connectivity index (χ2v) is 5.48. The molecule has 2 saturated carbocycles. The van der Waals surface area contributed by atoms with E-state index in [0.29, 0.717) is 24.3 Å². The summed E-state index contributed by atoms with van der Waals surface area (Å²) in [7, 11) is 1.81. The van der Waals surface area contributed by atoms with Crippen LogP contribution in [-0.4, -0.2) is 31.4 Å². The van der Waals surface area contributed by atoms with E-state index >= 15 is 0 Å². The largest absolute Gasteiger partial charge is 0.381 e. The summed E-state index contributed by atoms with van der Waals surface area (Å²) in [5.41, 5.74) is 9.13. The minimum absolute atomic E-state index is 0.370. The number of nitrogens with one attached hydrogen (secondary N) is 1. The fourth-order valence-electron chi connectivity index (χ4n) is 2.82. The maximum Gasteiger partial charge on any atom is 0.0791 e. The fourth-order valence-corrected chi connectivity index (χ4v) is 2.82. The second-order valence-electron chi connectivity index (χ2n) is 5.48. The number of nitrogens with two attached hydrogens (primary N) is 1. The molecule has 4 heteroatoms. The van der Waals surface area contributed by atoms with E-state index < -0.39 is 0 Å². The number of ether oxygens (including phenoxy) is 1. The van der Waals surface area contributed by atoms with Gasteiger partial charge in [0.25, 0.3) is 0 Å². The zero-order valence-corrected chi connectivity index (χ0v) is 10.9. The van der Waals surface area contributed by atoms with Crippen molar-refractivity contribution >= 4 is 0 Å². The highest BCUT2D eigenvalue weighted by atomic mass is 16.7. The van der Waals surface area contributed by atoms with Crippen LogP contribution in [-0.2, 0) is 9.57 Å². The van der Waals surface area contributed by atoms with E-state index in [2.05, 4.69) is 5.48 Å². The van der Waals surface area contributed by atoms with Gasteiger partial charge in [0.05, 0.1) is 12.2 Å². The molecule has 2 rings (SSSR count). The van der Waals surface area contributed by atoms with Crippen molar-refractivity contribution in [3.8, 4) is 0 Å². The predicted octanol–water partition coefficient (Wildman–Crippen LogP) is 1.74. The van der Waals surface area contributed by atoms with Gasteiger partial charge in [-0.3, -0.25) is 4.84 Å². The Morgan fingerprint density at radius 2 is 1.47 bits per heavy atom. The Morgan fingerprint density at radius 1 is 0.882 bits per heavy atom. The summed E-state index contributed by atoms with van der Waals surface area (Å²) in [4.78, 5) is 5.79. The molecule has 0 bridgehead atoms. The molecule has 0 aliphatic heterocycles. The van der Waals surface area contributed by atoms with Crippen molar-refractivity contribution in [1.82, 2.24) is 5.48 Å². The molecule has 0 spiro atoms. The number of hydrogen-bond acceptors (Lipinski definition) is 4. The van der Waals surface area contributed by atoms with Gasteiger partial charge < -0.3 is 10.5 Å². The summed E-state index contributed by atoms with van der Waals surface area (Å²) in [6, 6.07) is 0.906. The van der Waals surface area contributed by atoms with Gasteiger partial charge in [-0.25, -0.2) is 0 Å². The van der Waals surface area contributed by atoms with Crippen molar-refractivity contribution in [1.29, 1.82) is 0 Å². The Kier molecular flexibility index (Phi) is 5.22. The van der Waals surface area contributed by atoms with Crippen molar-refractivity contribution in [2.75, 3.05) is 7.11 Å². The third-order valence-corrected chi connectivity index (χ3v) is 4.13. The van der Waals surface area contributed by atoms with Crippen LogP contribution in [0.5, 0.6) is 0 Å². The van der Waals surface area contributed by atoms with Gasteiger partial charge in [0.1, 0.15) is 0 Å². The van der Waals surface area contributed by atoms with Gasteiger partial charge in [0.15, 0.2) is 0 Å². The summed E-state index contributed by atoms with van der Waals surface area (Å²) in [6.45, 7) is 0. The molecular formula is C13H26N2O2. The highest BCUT2D eigenvalue weighted by Crippen LogP contribution is 2.22. The summed E-state index contributed by atoms with van der Waals surface area (Å²) in [5, 5.41) is 0. The summed E-state index contributed by atoms with van der Waals surface area (Å²) < 4.78 is 5.36. The van der Waals surface area contributed by atoms with Crippen LogP contribution in [0.2, 0.25) is 0 Å². The lowest BCUT2D eigenvalue weighted by molar-refractivity contribution is -0.0722. The number of hydroxylamine groups is 1. The molecule has 0 amide bonds. The molecule has 0 heterocycles. The van der Waals surface area contributed by atoms with Gasteiger partial charge in [0, 0.05) is 19.2 Å². The zero-order chi connectivity index (χ0) is 12.1. The van der Waals surface area contributed by atoms with Gasteiger partial charge in [0.2, 0.25) is 0 Å². The van der Waals surface area contributed by atoms with Crippen LogP contribution in [0.4, 0.5) is 0 Å². The third kappa shape index (κ3) is 4.21. The van der Waals surface area contributed by atoms with Crippen molar-refractivity contribution in [3.05, 3.63) is 0 Å². The molecule has 0 atom stereocenters. The Balaban J connectivity index is 1.59. The van der Waals surface area contributed by atoms with Crippen LogP contribution in [0.3, 0.4) is 0 Å². The monoisotopic (exact) mass is 242 g/mol. The van der Waals surface area contributed by atoms with Gasteiger partial charge in [-0.15, -0.1) is 0 Å².